The summed E-state index contributed by atoms with van der Waals surface area (Å²) in [7, 11) is 1.60. The fraction of sp³-hybridized carbons (Fsp3) is 0.533. The Morgan fingerprint density at radius 2 is 2.20 bits per heavy atom. The van der Waals surface area contributed by atoms with Gasteiger partial charge in [0.15, 0.2) is 0 Å². The first-order valence-corrected chi connectivity index (χ1v) is 8.00. The van der Waals surface area contributed by atoms with Crippen LogP contribution in [-0.2, 0) is 11.2 Å². The highest BCUT2D eigenvalue weighted by Gasteiger charge is 2.19. The van der Waals surface area contributed by atoms with Gasteiger partial charge in [-0.25, -0.2) is 0 Å². The van der Waals surface area contributed by atoms with Gasteiger partial charge in [0.2, 0.25) is 0 Å². The fourth-order valence-electron chi connectivity index (χ4n) is 2.57. The number of thioether (sulfide) groups is 1. The average Bonchev–Trinajstić information content (AvgIpc) is 2.48. The molecular formula is C15H21NO3S. The van der Waals surface area contributed by atoms with Crippen molar-refractivity contribution in [3.8, 4) is 5.75 Å². The number of methoxy groups -OCH3 is 1. The van der Waals surface area contributed by atoms with Gasteiger partial charge < -0.3 is 15.6 Å². The number of benzene rings is 1. The molecule has 0 aromatic heterocycles. The molecule has 4 nitrogen and oxygen atoms in total. The van der Waals surface area contributed by atoms with Crippen LogP contribution >= 0.6 is 11.8 Å². The molecule has 1 unspecified atom stereocenters. The number of carbonyl (C=O) groups is 1. The maximum absolute atomic E-state index is 10.9. The summed E-state index contributed by atoms with van der Waals surface area (Å²) in [6.07, 6.45) is 2.66. The molecule has 1 aromatic rings. The average molecular weight is 295 g/mol. The van der Waals surface area contributed by atoms with E-state index >= 15 is 0 Å². The largest absolute Gasteiger partial charge is 0.496 e. The number of rotatable bonds is 5. The van der Waals surface area contributed by atoms with Crippen molar-refractivity contribution in [3.05, 3.63) is 29.3 Å². The highest BCUT2D eigenvalue weighted by Crippen LogP contribution is 2.34. The summed E-state index contributed by atoms with van der Waals surface area (Å²) < 4.78 is 5.32. The zero-order valence-electron chi connectivity index (χ0n) is 11.7. The van der Waals surface area contributed by atoms with E-state index in [2.05, 4.69) is 12.1 Å². The summed E-state index contributed by atoms with van der Waals surface area (Å²) in [5.41, 5.74) is 7.81. The predicted molar refractivity (Wildman–Crippen MR) is 81.6 cm³/mol. The molecule has 1 fully saturated rings. The molecule has 1 saturated heterocycles. The van der Waals surface area contributed by atoms with Crippen molar-refractivity contribution in [3.63, 3.8) is 0 Å². The Morgan fingerprint density at radius 1 is 1.50 bits per heavy atom. The Kier molecular flexibility index (Phi) is 5.31. The van der Waals surface area contributed by atoms with Gasteiger partial charge in [0.05, 0.1) is 7.11 Å². The van der Waals surface area contributed by atoms with Gasteiger partial charge in [0.1, 0.15) is 11.8 Å². The minimum absolute atomic E-state index is 0.299. The van der Waals surface area contributed by atoms with E-state index in [-0.39, 0.29) is 0 Å². The molecule has 1 atom stereocenters. The standard InChI is InChI=1S/C15H21NO3S/c1-19-14-3-2-11(10-4-6-20-7-5-10)8-12(14)9-13(16)15(17)18/h2-3,8,10,13H,4-7,9,16H2,1H3,(H,17,18). The third-order valence-electron chi connectivity index (χ3n) is 3.75. The number of ether oxygens (including phenoxy) is 1. The molecule has 1 aromatic carbocycles. The number of nitrogens with two attached hydrogens (primary N) is 1. The number of aliphatic carboxylic acids is 1. The summed E-state index contributed by atoms with van der Waals surface area (Å²) in [6.45, 7) is 0. The van der Waals surface area contributed by atoms with Crippen LogP contribution in [0.3, 0.4) is 0 Å². The number of hydrogen-bond donors (Lipinski definition) is 2. The smallest absolute Gasteiger partial charge is 0.320 e. The molecule has 110 valence electrons. The van der Waals surface area contributed by atoms with Crippen LogP contribution in [0, 0.1) is 0 Å². The van der Waals surface area contributed by atoms with Crippen molar-refractivity contribution in [1.29, 1.82) is 0 Å². The van der Waals surface area contributed by atoms with Crippen LogP contribution in [0.15, 0.2) is 18.2 Å². The lowest BCUT2D eigenvalue weighted by molar-refractivity contribution is -0.138. The van der Waals surface area contributed by atoms with Gasteiger partial charge >= 0.3 is 5.97 Å². The molecule has 1 aliphatic heterocycles. The number of carboxylic acid groups (broad SMARTS) is 1. The second-order valence-electron chi connectivity index (χ2n) is 5.11. The van der Waals surface area contributed by atoms with Crippen molar-refractivity contribution in [2.24, 2.45) is 5.73 Å². The zero-order valence-corrected chi connectivity index (χ0v) is 12.5. The molecule has 0 amide bonds. The summed E-state index contributed by atoms with van der Waals surface area (Å²) >= 11 is 2.00. The van der Waals surface area contributed by atoms with E-state index in [0.717, 1.165) is 11.3 Å². The predicted octanol–water partition coefficient (Wildman–Crippen LogP) is 2.26. The number of carboxylic acids is 1. The van der Waals surface area contributed by atoms with E-state index in [9.17, 15) is 4.79 Å². The van der Waals surface area contributed by atoms with Gasteiger partial charge in [-0.15, -0.1) is 0 Å². The third-order valence-corrected chi connectivity index (χ3v) is 4.80. The molecule has 5 heteroatoms. The maximum atomic E-state index is 10.9. The first kappa shape index (κ1) is 15.2. The Morgan fingerprint density at radius 3 is 2.80 bits per heavy atom. The lowest BCUT2D eigenvalue weighted by Crippen LogP contribution is -2.32. The Bertz CT molecular complexity index is 472. The Balaban J connectivity index is 2.21. The molecule has 0 spiro atoms. The molecule has 1 aliphatic rings. The summed E-state index contributed by atoms with van der Waals surface area (Å²) in [5.74, 6) is 2.70. The van der Waals surface area contributed by atoms with Gasteiger partial charge in [-0.1, -0.05) is 12.1 Å². The zero-order chi connectivity index (χ0) is 14.5. The minimum Gasteiger partial charge on any atom is -0.496 e. The quantitative estimate of drug-likeness (QED) is 0.871. The van der Waals surface area contributed by atoms with E-state index in [1.807, 2.05) is 17.8 Å². The van der Waals surface area contributed by atoms with Crippen LogP contribution in [0.25, 0.3) is 0 Å². The minimum atomic E-state index is -0.980. The van der Waals surface area contributed by atoms with Crippen LogP contribution in [0.1, 0.15) is 29.9 Å². The molecular weight excluding hydrogens is 274 g/mol. The Labute approximate surface area is 123 Å². The normalized spacial score (nSPS) is 17.7. The molecule has 2 rings (SSSR count). The van der Waals surface area contributed by atoms with E-state index in [0.29, 0.717) is 12.3 Å². The molecule has 3 N–H and O–H groups in total. The summed E-state index contributed by atoms with van der Waals surface area (Å²) in [6, 6.07) is 5.21. The molecule has 1 heterocycles. The first-order chi connectivity index (χ1) is 9.61. The Hall–Kier alpha value is -1.20. The van der Waals surface area contributed by atoms with Crippen molar-refractivity contribution in [2.45, 2.75) is 31.2 Å². The van der Waals surface area contributed by atoms with Crippen molar-refractivity contribution >= 4 is 17.7 Å². The van der Waals surface area contributed by atoms with Gasteiger partial charge in [0, 0.05) is 6.42 Å². The second kappa shape index (κ2) is 6.99. The monoisotopic (exact) mass is 295 g/mol. The SMILES string of the molecule is COc1ccc(C2CCSCC2)cc1CC(N)C(=O)O. The fourth-order valence-corrected chi connectivity index (χ4v) is 3.67. The van der Waals surface area contributed by atoms with E-state index in [4.69, 9.17) is 15.6 Å². The van der Waals surface area contributed by atoms with Crippen LogP contribution in [0.2, 0.25) is 0 Å². The first-order valence-electron chi connectivity index (χ1n) is 6.84. The number of hydrogen-bond acceptors (Lipinski definition) is 4. The van der Waals surface area contributed by atoms with Crippen LogP contribution in [-0.4, -0.2) is 35.7 Å². The highest BCUT2D eigenvalue weighted by atomic mass is 32.2. The third kappa shape index (κ3) is 3.67. The molecule has 20 heavy (non-hydrogen) atoms. The maximum Gasteiger partial charge on any atom is 0.320 e. The summed E-state index contributed by atoms with van der Waals surface area (Å²) in [4.78, 5) is 10.9. The second-order valence-corrected chi connectivity index (χ2v) is 6.33. The van der Waals surface area contributed by atoms with Gasteiger partial charge in [0.25, 0.3) is 0 Å². The van der Waals surface area contributed by atoms with Crippen LogP contribution < -0.4 is 10.5 Å². The van der Waals surface area contributed by atoms with E-state index in [1.54, 1.807) is 7.11 Å². The van der Waals surface area contributed by atoms with Crippen molar-refractivity contribution < 1.29 is 14.6 Å². The van der Waals surface area contributed by atoms with Crippen LogP contribution in [0.4, 0.5) is 0 Å². The topological polar surface area (TPSA) is 72.5 Å². The molecule has 0 bridgehead atoms. The van der Waals surface area contributed by atoms with E-state index in [1.165, 1.54) is 29.9 Å². The molecule has 0 aliphatic carbocycles. The molecule has 0 radical (unpaired) electrons. The summed E-state index contributed by atoms with van der Waals surface area (Å²) in [5, 5.41) is 8.96. The molecule has 0 saturated carbocycles. The van der Waals surface area contributed by atoms with Crippen molar-refractivity contribution in [1.82, 2.24) is 0 Å². The van der Waals surface area contributed by atoms with Crippen LogP contribution in [0.5, 0.6) is 5.75 Å². The lowest BCUT2D eigenvalue weighted by Gasteiger charge is -2.23. The van der Waals surface area contributed by atoms with Gasteiger partial charge in [-0.2, -0.15) is 11.8 Å². The van der Waals surface area contributed by atoms with Gasteiger partial charge in [-0.05, 0) is 47.5 Å². The van der Waals surface area contributed by atoms with Gasteiger partial charge in [-0.3, -0.25) is 4.79 Å². The highest BCUT2D eigenvalue weighted by molar-refractivity contribution is 7.99. The lowest BCUT2D eigenvalue weighted by atomic mass is 9.91. The van der Waals surface area contributed by atoms with E-state index < -0.39 is 12.0 Å². The van der Waals surface area contributed by atoms with Crippen molar-refractivity contribution in [2.75, 3.05) is 18.6 Å².